The lowest BCUT2D eigenvalue weighted by Gasteiger charge is -2.20. The van der Waals surface area contributed by atoms with Crippen molar-refractivity contribution in [3.8, 4) is 0 Å². The number of hydrogen-bond donors (Lipinski definition) is 2. The van der Waals surface area contributed by atoms with E-state index >= 15 is 0 Å². The minimum Gasteiger partial charge on any atom is -0.350 e. The van der Waals surface area contributed by atoms with Gasteiger partial charge in [0.25, 0.3) is 0 Å². The van der Waals surface area contributed by atoms with Crippen LogP contribution in [0.1, 0.15) is 30.7 Å². The molecule has 0 radical (unpaired) electrons. The fourth-order valence-corrected chi connectivity index (χ4v) is 2.47. The van der Waals surface area contributed by atoms with Gasteiger partial charge in [-0.1, -0.05) is 6.07 Å². The molecule has 3 N–H and O–H groups in total. The van der Waals surface area contributed by atoms with Gasteiger partial charge < -0.3 is 5.73 Å². The van der Waals surface area contributed by atoms with E-state index in [0.29, 0.717) is 29.9 Å². The Morgan fingerprint density at radius 1 is 1.39 bits per heavy atom. The van der Waals surface area contributed by atoms with Gasteiger partial charge in [0.15, 0.2) is 0 Å². The number of amides is 2. The molecule has 1 aromatic rings. The minimum atomic E-state index is -0.916. The summed E-state index contributed by atoms with van der Waals surface area (Å²) >= 11 is 0. The van der Waals surface area contributed by atoms with Gasteiger partial charge in [0.1, 0.15) is 11.6 Å². The molecule has 1 aliphatic carbocycles. The Bertz CT molecular complexity index is 467. The quantitative estimate of drug-likeness (QED) is 0.630. The van der Waals surface area contributed by atoms with Crippen molar-refractivity contribution in [3.05, 3.63) is 35.4 Å². The number of urea groups is 1. The van der Waals surface area contributed by atoms with E-state index in [0.717, 1.165) is 6.07 Å². The normalized spacial score (nSPS) is 23.1. The van der Waals surface area contributed by atoms with Crippen molar-refractivity contribution in [2.75, 3.05) is 0 Å². The van der Waals surface area contributed by atoms with E-state index in [1.807, 2.05) is 0 Å². The van der Waals surface area contributed by atoms with Crippen LogP contribution in [0.4, 0.5) is 13.6 Å². The summed E-state index contributed by atoms with van der Waals surface area (Å²) < 4.78 is 26.4. The predicted molar refractivity (Wildman–Crippen MR) is 59.9 cm³/mol. The van der Waals surface area contributed by atoms with Crippen molar-refractivity contribution in [1.29, 1.82) is 0 Å². The molecule has 1 saturated carbocycles. The van der Waals surface area contributed by atoms with E-state index in [2.05, 4.69) is 0 Å². The maximum Gasteiger partial charge on any atom is 0.338 e. The zero-order chi connectivity index (χ0) is 13.3. The van der Waals surface area contributed by atoms with Crippen LogP contribution in [-0.2, 0) is 0 Å². The van der Waals surface area contributed by atoms with Crippen LogP contribution in [-0.4, -0.2) is 22.3 Å². The Morgan fingerprint density at radius 3 is 2.72 bits per heavy atom. The van der Waals surface area contributed by atoms with Gasteiger partial charge in [0.05, 0.1) is 6.04 Å². The molecule has 0 heterocycles. The molecule has 0 unspecified atom stereocenters. The lowest BCUT2D eigenvalue weighted by atomic mass is 9.97. The highest BCUT2D eigenvalue weighted by Gasteiger charge is 2.32. The first-order valence-corrected chi connectivity index (χ1v) is 5.71. The second-order valence-electron chi connectivity index (χ2n) is 4.51. The van der Waals surface area contributed by atoms with Gasteiger partial charge in [0.2, 0.25) is 0 Å². The molecular weight excluding hydrogens is 242 g/mol. The Balaban J connectivity index is 2.11. The Kier molecular flexibility index (Phi) is 3.47. The Labute approximate surface area is 103 Å². The summed E-state index contributed by atoms with van der Waals surface area (Å²) in [6.07, 6.45) is 1.58. The number of hydroxylamine groups is 2. The molecule has 1 aromatic carbocycles. The molecular formula is C12H14F2N2O2. The van der Waals surface area contributed by atoms with Crippen LogP contribution >= 0.6 is 0 Å². The smallest absolute Gasteiger partial charge is 0.338 e. The number of primary amides is 1. The largest absolute Gasteiger partial charge is 0.350 e. The molecule has 0 aliphatic heterocycles. The van der Waals surface area contributed by atoms with Crippen LogP contribution < -0.4 is 5.73 Å². The van der Waals surface area contributed by atoms with Crippen molar-refractivity contribution in [1.82, 2.24) is 5.06 Å². The second-order valence-corrected chi connectivity index (χ2v) is 4.51. The van der Waals surface area contributed by atoms with E-state index in [-0.39, 0.29) is 5.92 Å². The lowest BCUT2D eigenvalue weighted by molar-refractivity contribution is -0.0730. The lowest BCUT2D eigenvalue weighted by Crippen LogP contribution is -2.39. The number of carbonyl (C=O) groups excluding carboxylic acids is 1. The molecule has 98 valence electrons. The molecule has 0 saturated heterocycles. The highest BCUT2D eigenvalue weighted by atomic mass is 19.1. The van der Waals surface area contributed by atoms with Crippen LogP contribution in [0.15, 0.2) is 18.2 Å². The van der Waals surface area contributed by atoms with Crippen LogP contribution in [0.3, 0.4) is 0 Å². The molecule has 2 amide bonds. The second kappa shape index (κ2) is 4.89. The summed E-state index contributed by atoms with van der Waals surface area (Å²) in [5.41, 5.74) is 5.38. The Hall–Kier alpha value is -1.69. The van der Waals surface area contributed by atoms with Crippen LogP contribution in [0.25, 0.3) is 0 Å². The van der Waals surface area contributed by atoms with Gasteiger partial charge in [-0.05, 0) is 36.8 Å². The molecule has 1 fully saturated rings. The van der Waals surface area contributed by atoms with Crippen LogP contribution in [0, 0.1) is 11.6 Å². The summed E-state index contributed by atoms with van der Waals surface area (Å²) in [5.74, 6) is -1.35. The van der Waals surface area contributed by atoms with E-state index in [4.69, 9.17) is 5.73 Å². The first kappa shape index (κ1) is 12.8. The fourth-order valence-electron chi connectivity index (χ4n) is 2.47. The first-order valence-electron chi connectivity index (χ1n) is 5.71. The Morgan fingerprint density at radius 2 is 2.11 bits per heavy atom. The average Bonchev–Trinajstić information content (AvgIpc) is 2.77. The van der Waals surface area contributed by atoms with Gasteiger partial charge in [-0.15, -0.1) is 0 Å². The highest BCUT2D eigenvalue weighted by molar-refractivity contribution is 5.70. The zero-order valence-corrected chi connectivity index (χ0v) is 9.64. The van der Waals surface area contributed by atoms with Crippen molar-refractivity contribution >= 4 is 6.03 Å². The van der Waals surface area contributed by atoms with Gasteiger partial charge >= 0.3 is 6.03 Å². The van der Waals surface area contributed by atoms with Crippen molar-refractivity contribution < 1.29 is 18.8 Å². The third-order valence-electron chi connectivity index (χ3n) is 3.38. The van der Waals surface area contributed by atoms with Crippen LogP contribution in [0.2, 0.25) is 0 Å². The molecule has 2 atom stereocenters. The number of halogens is 2. The third-order valence-corrected chi connectivity index (χ3v) is 3.38. The molecule has 6 heteroatoms. The number of nitrogens with zero attached hydrogens (tertiary/aromatic N) is 1. The number of rotatable bonds is 2. The van der Waals surface area contributed by atoms with Crippen molar-refractivity contribution in [3.63, 3.8) is 0 Å². The van der Waals surface area contributed by atoms with Crippen LogP contribution in [0.5, 0.6) is 0 Å². The number of hydrogen-bond acceptors (Lipinski definition) is 2. The van der Waals surface area contributed by atoms with E-state index in [1.165, 1.54) is 12.1 Å². The van der Waals surface area contributed by atoms with Gasteiger partial charge in [-0.25, -0.2) is 18.6 Å². The van der Waals surface area contributed by atoms with E-state index < -0.39 is 23.7 Å². The summed E-state index contributed by atoms with van der Waals surface area (Å²) in [4.78, 5) is 10.8. The number of carbonyl (C=O) groups is 1. The minimum absolute atomic E-state index is 0.135. The standard InChI is InChI=1S/C12H14F2N2O2/c13-8-2-4-10(11(14)6-8)7-1-3-9(5-7)16(18)12(15)17/h2,4,6-7,9,18H,1,3,5H2,(H2,15,17)/t7-,9+/m1/s1. The van der Waals surface area contributed by atoms with Gasteiger partial charge in [0, 0.05) is 6.07 Å². The number of benzene rings is 1. The SMILES string of the molecule is NC(=O)N(O)[C@H]1CC[C@@H](c2ccc(F)cc2F)C1. The van der Waals surface area contributed by atoms with Crippen molar-refractivity contribution in [2.24, 2.45) is 5.73 Å². The molecule has 2 rings (SSSR count). The summed E-state index contributed by atoms with van der Waals surface area (Å²) in [7, 11) is 0. The van der Waals surface area contributed by atoms with Gasteiger partial charge in [-0.3, -0.25) is 5.21 Å². The maximum absolute atomic E-state index is 13.6. The third kappa shape index (κ3) is 2.43. The molecule has 0 bridgehead atoms. The van der Waals surface area contributed by atoms with E-state index in [1.54, 1.807) is 0 Å². The fraction of sp³-hybridized carbons (Fsp3) is 0.417. The van der Waals surface area contributed by atoms with E-state index in [9.17, 15) is 18.8 Å². The molecule has 18 heavy (non-hydrogen) atoms. The average molecular weight is 256 g/mol. The molecule has 0 spiro atoms. The molecule has 1 aliphatic rings. The first-order chi connectivity index (χ1) is 8.49. The summed E-state index contributed by atoms with van der Waals surface area (Å²) in [6, 6.07) is 2.13. The summed E-state index contributed by atoms with van der Waals surface area (Å²) in [6.45, 7) is 0. The monoisotopic (exact) mass is 256 g/mol. The topological polar surface area (TPSA) is 66.6 Å². The highest BCUT2D eigenvalue weighted by Crippen LogP contribution is 2.37. The zero-order valence-electron chi connectivity index (χ0n) is 9.64. The molecule has 0 aromatic heterocycles. The summed E-state index contributed by atoms with van der Waals surface area (Å²) in [5, 5.41) is 9.90. The maximum atomic E-state index is 13.6. The predicted octanol–water partition coefficient (Wildman–Crippen LogP) is 2.37. The van der Waals surface area contributed by atoms with Gasteiger partial charge in [-0.2, -0.15) is 0 Å². The number of nitrogens with two attached hydrogens (primary N) is 1. The van der Waals surface area contributed by atoms with Crippen molar-refractivity contribution in [2.45, 2.75) is 31.2 Å². The molecule has 4 nitrogen and oxygen atoms in total.